The van der Waals surface area contributed by atoms with Gasteiger partial charge in [-0.3, -0.25) is 9.38 Å². The third-order valence-corrected chi connectivity index (χ3v) is 2.37. The minimum absolute atomic E-state index is 0.748. The van der Waals surface area contributed by atoms with E-state index in [1.54, 1.807) is 31.0 Å². The zero-order chi connectivity index (χ0) is 12.2. The highest BCUT2D eigenvalue weighted by molar-refractivity contribution is 5.33. The molecule has 0 aromatic carbocycles. The summed E-state index contributed by atoms with van der Waals surface area (Å²) >= 11 is 0. The van der Waals surface area contributed by atoms with Crippen molar-refractivity contribution in [2.45, 2.75) is 0 Å². The molecule has 88 valence electrons. The highest BCUT2D eigenvalue weighted by Crippen LogP contribution is 1.94. The fraction of sp³-hybridized carbons (Fsp3) is 0. The summed E-state index contributed by atoms with van der Waals surface area (Å²) in [6.07, 6.45) is 16.2. The lowest BCUT2D eigenvalue weighted by molar-refractivity contribution is 1.11. The van der Waals surface area contributed by atoms with E-state index in [0.29, 0.717) is 0 Å². The van der Waals surface area contributed by atoms with Crippen molar-refractivity contribution in [1.29, 1.82) is 0 Å². The van der Waals surface area contributed by atoms with Crippen LogP contribution in [0.1, 0.15) is 0 Å². The topological polar surface area (TPSA) is 60.4 Å². The van der Waals surface area contributed by atoms with Crippen LogP contribution in [0.5, 0.6) is 0 Å². The van der Waals surface area contributed by atoms with Crippen LogP contribution in [0, 0.1) is 0 Å². The molecule has 0 saturated heterocycles. The van der Waals surface area contributed by atoms with Gasteiger partial charge in [-0.05, 0) is 6.07 Å². The predicted octanol–water partition coefficient (Wildman–Crippen LogP) is 1.46. The van der Waals surface area contributed by atoms with Gasteiger partial charge < -0.3 is 4.40 Å². The molecule has 0 amide bonds. The fourth-order valence-electron chi connectivity index (χ4n) is 1.53. The lowest BCUT2D eigenvalue weighted by Gasteiger charge is -1.86. The first-order valence-corrected chi connectivity index (χ1v) is 5.40. The van der Waals surface area contributed by atoms with Gasteiger partial charge in [0.15, 0.2) is 5.65 Å². The van der Waals surface area contributed by atoms with Crippen LogP contribution in [0.2, 0.25) is 0 Å². The van der Waals surface area contributed by atoms with Gasteiger partial charge in [-0.15, -0.1) is 0 Å². The molecule has 4 aromatic heterocycles. The summed E-state index contributed by atoms with van der Waals surface area (Å²) in [7, 11) is 0. The molecule has 0 bridgehead atoms. The van der Waals surface area contributed by atoms with Gasteiger partial charge in [-0.1, -0.05) is 0 Å². The van der Waals surface area contributed by atoms with Crippen LogP contribution in [-0.4, -0.2) is 28.7 Å². The maximum Gasteiger partial charge on any atom is 0.233 e. The van der Waals surface area contributed by atoms with Crippen LogP contribution in [0.15, 0.2) is 61.8 Å². The summed E-state index contributed by atoms with van der Waals surface area (Å²) in [5, 5.41) is 0. The van der Waals surface area contributed by atoms with E-state index >= 15 is 0 Å². The van der Waals surface area contributed by atoms with Crippen LogP contribution in [0.25, 0.3) is 11.4 Å². The van der Waals surface area contributed by atoms with Gasteiger partial charge >= 0.3 is 0 Å². The zero-order valence-corrected chi connectivity index (χ0v) is 9.46. The fourth-order valence-corrected chi connectivity index (χ4v) is 1.53. The maximum absolute atomic E-state index is 4.02. The Morgan fingerprint density at radius 3 is 2.39 bits per heavy atom. The Morgan fingerprint density at radius 1 is 0.722 bits per heavy atom. The molecule has 4 rings (SSSR count). The second-order valence-corrected chi connectivity index (χ2v) is 3.52. The van der Waals surface area contributed by atoms with Crippen molar-refractivity contribution >= 4 is 11.4 Å². The lowest BCUT2D eigenvalue weighted by Crippen LogP contribution is -1.82. The van der Waals surface area contributed by atoms with Gasteiger partial charge in [0, 0.05) is 49.6 Å². The van der Waals surface area contributed by atoms with Crippen LogP contribution in [-0.2, 0) is 0 Å². The first-order valence-electron chi connectivity index (χ1n) is 5.40. The molecule has 18 heavy (non-hydrogen) atoms. The van der Waals surface area contributed by atoms with Crippen LogP contribution in [0.4, 0.5) is 0 Å². The second-order valence-electron chi connectivity index (χ2n) is 3.52. The van der Waals surface area contributed by atoms with Crippen LogP contribution in [0.3, 0.4) is 0 Å². The van der Waals surface area contributed by atoms with Gasteiger partial charge in [0.2, 0.25) is 5.78 Å². The van der Waals surface area contributed by atoms with Crippen molar-refractivity contribution in [3.63, 3.8) is 0 Å². The minimum atomic E-state index is 0.748. The molecule has 0 aliphatic heterocycles. The molecule has 6 nitrogen and oxygen atoms in total. The maximum atomic E-state index is 4.02. The molecular weight excluding hydrogens is 228 g/mol. The second kappa shape index (κ2) is 4.62. The number of imidazole rings is 2. The molecular formula is C12H10N6. The smallest absolute Gasteiger partial charge is 0.233 e. The van der Waals surface area contributed by atoms with Crippen LogP contribution >= 0.6 is 0 Å². The SMILES string of the molecule is c1cn2ccnc2cn1.c1cnc2nccn2c1. The quantitative estimate of drug-likeness (QED) is 0.465. The summed E-state index contributed by atoms with van der Waals surface area (Å²) in [5.41, 5.74) is 0.887. The molecule has 0 aliphatic carbocycles. The number of aromatic nitrogens is 6. The van der Waals surface area contributed by atoms with Crippen molar-refractivity contribution < 1.29 is 0 Å². The van der Waals surface area contributed by atoms with Gasteiger partial charge in [0.1, 0.15) is 0 Å². The Kier molecular flexibility index (Phi) is 2.67. The van der Waals surface area contributed by atoms with Crippen molar-refractivity contribution in [3.05, 3.63) is 61.8 Å². The number of nitrogens with zero attached hydrogens (tertiary/aromatic N) is 6. The van der Waals surface area contributed by atoms with Crippen molar-refractivity contribution in [3.8, 4) is 0 Å². The van der Waals surface area contributed by atoms with Crippen LogP contribution < -0.4 is 0 Å². The molecule has 0 unspecified atom stereocenters. The largest absolute Gasteiger partial charge is 0.304 e. The first kappa shape index (κ1) is 10.4. The van der Waals surface area contributed by atoms with E-state index in [2.05, 4.69) is 19.9 Å². The average molecular weight is 238 g/mol. The van der Waals surface area contributed by atoms with E-state index in [0.717, 1.165) is 11.4 Å². The Balaban J connectivity index is 0.000000111. The Morgan fingerprint density at radius 2 is 1.50 bits per heavy atom. The van der Waals surface area contributed by atoms with E-state index in [4.69, 9.17) is 0 Å². The molecule has 6 heteroatoms. The third-order valence-electron chi connectivity index (χ3n) is 2.37. The zero-order valence-electron chi connectivity index (χ0n) is 9.46. The lowest BCUT2D eigenvalue weighted by atomic mass is 10.7. The predicted molar refractivity (Wildman–Crippen MR) is 66.0 cm³/mol. The molecule has 0 aliphatic rings. The van der Waals surface area contributed by atoms with Crippen molar-refractivity contribution in [2.24, 2.45) is 0 Å². The molecule has 4 heterocycles. The molecule has 0 N–H and O–H groups in total. The summed E-state index contributed by atoms with van der Waals surface area (Å²) < 4.78 is 3.77. The Hall–Kier alpha value is -2.76. The molecule has 4 aromatic rings. The van der Waals surface area contributed by atoms with E-state index in [-0.39, 0.29) is 0 Å². The first-order chi connectivity index (χ1) is 8.93. The summed E-state index contributed by atoms with van der Waals surface area (Å²) in [6, 6.07) is 1.87. The summed E-state index contributed by atoms with van der Waals surface area (Å²) in [5.74, 6) is 0.748. The monoisotopic (exact) mass is 238 g/mol. The van der Waals surface area contributed by atoms with E-state index in [1.807, 2.05) is 39.7 Å². The highest BCUT2D eigenvalue weighted by Gasteiger charge is 1.87. The average Bonchev–Trinajstić information content (AvgIpc) is 3.08. The number of hydrogen-bond acceptors (Lipinski definition) is 4. The van der Waals surface area contributed by atoms with E-state index in [9.17, 15) is 0 Å². The Labute approximate surface area is 103 Å². The molecule has 0 fully saturated rings. The third kappa shape index (κ3) is 2.03. The van der Waals surface area contributed by atoms with E-state index < -0.39 is 0 Å². The standard InChI is InChI=1S/2C6H5N3/c1-3-9-4-2-8-6(9)5-7-1;1-2-7-6-8-3-5-9(6)4-1/h2*1-5H. The van der Waals surface area contributed by atoms with Gasteiger partial charge in [0.05, 0.1) is 6.20 Å². The van der Waals surface area contributed by atoms with Gasteiger partial charge in [0.25, 0.3) is 0 Å². The number of rotatable bonds is 0. The van der Waals surface area contributed by atoms with Crippen molar-refractivity contribution in [2.75, 3.05) is 0 Å². The minimum Gasteiger partial charge on any atom is -0.304 e. The van der Waals surface area contributed by atoms with Gasteiger partial charge in [-0.25, -0.2) is 15.0 Å². The summed E-state index contributed by atoms with van der Waals surface area (Å²) in [4.78, 5) is 15.9. The highest BCUT2D eigenvalue weighted by atomic mass is 15.1. The normalized spacial score (nSPS) is 10.2. The molecule has 0 spiro atoms. The summed E-state index contributed by atoms with van der Waals surface area (Å²) in [6.45, 7) is 0. The number of fused-ring (bicyclic) bond motifs is 2. The number of hydrogen-bond donors (Lipinski definition) is 0. The Bertz CT molecular complexity index is 631. The van der Waals surface area contributed by atoms with E-state index in [1.165, 1.54) is 0 Å². The van der Waals surface area contributed by atoms with Gasteiger partial charge in [-0.2, -0.15) is 0 Å². The molecule has 0 radical (unpaired) electrons. The molecule has 0 atom stereocenters. The van der Waals surface area contributed by atoms with Crippen molar-refractivity contribution in [1.82, 2.24) is 28.7 Å². The molecule has 0 saturated carbocycles.